The van der Waals surface area contributed by atoms with Gasteiger partial charge in [0.1, 0.15) is 0 Å². The number of nitrogens with two attached hydrogens (primary N) is 2. The molecule has 0 radical (unpaired) electrons. The van der Waals surface area contributed by atoms with Crippen molar-refractivity contribution in [3.8, 4) is 0 Å². The molecule has 0 rings (SSSR count). The number of carboxylic acids is 1. The number of aliphatic imine (C=N–C) groups is 1. The number of rotatable bonds is 3. The Hall–Kier alpha value is -1.30. The molecule has 13 heavy (non-hydrogen) atoms. The van der Waals surface area contributed by atoms with E-state index in [1.165, 1.54) is 0 Å². The zero-order chi connectivity index (χ0) is 10.9. The van der Waals surface area contributed by atoms with E-state index < -0.39 is 5.97 Å². The SMILES string of the molecule is CCN=C(N)N.CN(C)CC(=O)O. The van der Waals surface area contributed by atoms with Gasteiger partial charge in [0, 0.05) is 6.54 Å². The predicted molar refractivity (Wildman–Crippen MR) is 52.5 cm³/mol. The lowest BCUT2D eigenvalue weighted by atomic mass is 10.6. The van der Waals surface area contributed by atoms with E-state index in [2.05, 4.69) is 4.99 Å². The molecule has 0 aromatic heterocycles. The van der Waals surface area contributed by atoms with Gasteiger partial charge in [-0.3, -0.25) is 14.7 Å². The van der Waals surface area contributed by atoms with Crippen LogP contribution in [0.15, 0.2) is 4.99 Å². The maximum Gasteiger partial charge on any atom is 0.317 e. The van der Waals surface area contributed by atoms with Gasteiger partial charge in [0.15, 0.2) is 5.96 Å². The van der Waals surface area contributed by atoms with Crippen molar-refractivity contribution in [2.24, 2.45) is 16.5 Å². The number of nitrogens with zero attached hydrogens (tertiary/aromatic N) is 2. The van der Waals surface area contributed by atoms with Crippen LogP contribution < -0.4 is 11.5 Å². The summed E-state index contributed by atoms with van der Waals surface area (Å²) >= 11 is 0. The largest absolute Gasteiger partial charge is 0.480 e. The lowest BCUT2D eigenvalue weighted by Gasteiger charge is -2.01. The van der Waals surface area contributed by atoms with Gasteiger partial charge in [-0.05, 0) is 21.0 Å². The summed E-state index contributed by atoms with van der Waals surface area (Å²) in [5.41, 5.74) is 9.86. The van der Waals surface area contributed by atoms with Gasteiger partial charge in [-0.15, -0.1) is 0 Å². The molecule has 0 aliphatic rings. The quantitative estimate of drug-likeness (QED) is 0.387. The summed E-state index contributed by atoms with van der Waals surface area (Å²) in [6.07, 6.45) is 0. The Labute approximate surface area is 78.2 Å². The van der Waals surface area contributed by atoms with E-state index in [1.807, 2.05) is 6.92 Å². The number of likely N-dealkylation sites (N-methyl/N-ethyl adjacent to an activating group) is 1. The summed E-state index contributed by atoms with van der Waals surface area (Å²) < 4.78 is 0. The number of carbonyl (C=O) groups is 1. The molecule has 0 amide bonds. The van der Waals surface area contributed by atoms with Crippen LogP contribution in [-0.2, 0) is 4.79 Å². The molecule has 0 unspecified atom stereocenters. The minimum atomic E-state index is -0.787. The van der Waals surface area contributed by atoms with Gasteiger partial charge < -0.3 is 16.6 Å². The molecule has 6 heteroatoms. The van der Waals surface area contributed by atoms with Gasteiger partial charge in [-0.25, -0.2) is 0 Å². The molecule has 78 valence electrons. The third kappa shape index (κ3) is 24.9. The minimum absolute atomic E-state index is 0.111. The number of guanidine groups is 1. The van der Waals surface area contributed by atoms with Gasteiger partial charge in [-0.1, -0.05) is 0 Å². The molecule has 0 aliphatic heterocycles. The van der Waals surface area contributed by atoms with Crippen molar-refractivity contribution in [1.29, 1.82) is 0 Å². The molecule has 0 aromatic rings. The molecular formula is C7H18N4O2. The van der Waals surface area contributed by atoms with E-state index in [4.69, 9.17) is 16.6 Å². The van der Waals surface area contributed by atoms with Crippen molar-refractivity contribution < 1.29 is 9.90 Å². The number of carboxylic acid groups (broad SMARTS) is 1. The smallest absolute Gasteiger partial charge is 0.317 e. The van der Waals surface area contributed by atoms with Crippen molar-refractivity contribution in [2.45, 2.75) is 6.92 Å². The van der Waals surface area contributed by atoms with Gasteiger partial charge >= 0.3 is 5.97 Å². The van der Waals surface area contributed by atoms with Crippen LogP contribution in [0.4, 0.5) is 0 Å². The zero-order valence-corrected chi connectivity index (χ0v) is 8.32. The number of hydrogen-bond donors (Lipinski definition) is 3. The lowest BCUT2D eigenvalue weighted by molar-refractivity contribution is -0.137. The van der Waals surface area contributed by atoms with E-state index in [0.717, 1.165) is 0 Å². The van der Waals surface area contributed by atoms with Gasteiger partial charge in [0.25, 0.3) is 0 Å². The van der Waals surface area contributed by atoms with Crippen LogP contribution in [0.1, 0.15) is 6.92 Å². The lowest BCUT2D eigenvalue weighted by Crippen LogP contribution is -2.22. The molecule has 0 bridgehead atoms. The van der Waals surface area contributed by atoms with E-state index >= 15 is 0 Å². The minimum Gasteiger partial charge on any atom is -0.480 e. The molecule has 0 atom stereocenters. The van der Waals surface area contributed by atoms with Crippen molar-refractivity contribution in [3.05, 3.63) is 0 Å². The first-order valence-corrected chi connectivity index (χ1v) is 3.82. The third-order valence-corrected chi connectivity index (χ3v) is 0.792. The molecule has 0 spiro atoms. The molecule has 0 heterocycles. The predicted octanol–water partition coefficient (Wildman–Crippen LogP) is -1.09. The first-order chi connectivity index (χ1) is 5.90. The first-order valence-electron chi connectivity index (χ1n) is 3.82. The number of aliphatic carboxylic acids is 1. The van der Waals surface area contributed by atoms with Gasteiger partial charge in [0.05, 0.1) is 6.54 Å². The summed E-state index contributed by atoms with van der Waals surface area (Å²) in [5.74, 6) is -0.623. The van der Waals surface area contributed by atoms with Crippen LogP contribution in [-0.4, -0.2) is 49.1 Å². The monoisotopic (exact) mass is 190 g/mol. The molecule has 5 N–H and O–H groups in total. The van der Waals surface area contributed by atoms with Crippen LogP contribution in [0.25, 0.3) is 0 Å². The van der Waals surface area contributed by atoms with Crippen LogP contribution in [0, 0.1) is 0 Å². The van der Waals surface area contributed by atoms with Gasteiger partial charge in [0.2, 0.25) is 0 Å². The topological polar surface area (TPSA) is 105 Å². The van der Waals surface area contributed by atoms with Crippen molar-refractivity contribution in [3.63, 3.8) is 0 Å². The summed E-state index contributed by atoms with van der Waals surface area (Å²) in [5, 5.41) is 8.04. The van der Waals surface area contributed by atoms with E-state index in [9.17, 15) is 4.79 Å². The highest BCUT2D eigenvalue weighted by Crippen LogP contribution is 1.69. The molecule has 0 aliphatic carbocycles. The van der Waals surface area contributed by atoms with Crippen molar-refractivity contribution in [1.82, 2.24) is 4.90 Å². The maximum atomic E-state index is 9.77. The fourth-order valence-corrected chi connectivity index (χ4v) is 0.453. The molecular weight excluding hydrogens is 172 g/mol. The summed E-state index contributed by atoms with van der Waals surface area (Å²) in [6.45, 7) is 2.65. The average Bonchev–Trinajstić information content (AvgIpc) is 1.83. The highest BCUT2D eigenvalue weighted by atomic mass is 16.4. The van der Waals surface area contributed by atoms with Crippen LogP contribution in [0.2, 0.25) is 0 Å². The zero-order valence-electron chi connectivity index (χ0n) is 8.32. The Morgan fingerprint density at radius 3 is 1.92 bits per heavy atom. The Morgan fingerprint density at radius 1 is 1.46 bits per heavy atom. The van der Waals surface area contributed by atoms with E-state index in [0.29, 0.717) is 6.54 Å². The maximum absolute atomic E-state index is 9.77. The third-order valence-electron chi connectivity index (χ3n) is 0.792. The van der Waals surface area contributed by atoms with Crippen LogP contribution in [0.3, 0.4) is 0 Å². The highest BCUT2D eigenvalue weighted by molar-refractivity contribution is 5.75. The first kappa shape index (κ1) is 14.2. The molecule has 0 fully saturated rings. The Balaban J connectivity index is 0. The van der Waals surface area contributed by atoms with E-state index in [1.54, 1.807) is 19.0 Å². The second-order valence-electron chi connectivity index (χ2n) is 2.53. The number of hydrogen-bond acceptors (Lipinski definition) is 3. The molecule has 0 saturated heterocycles. The second-order valence-corrected chi connectivity index (χ2v) is 2.53. The molecule has 0 saturated carbocycles. The Bertz CT molecular complexity index is 164. The fourth-order valence-electron chi connectivity index (χ4n) is 0.453. The Morgan fingerprint density at radius 2 is 1.92 bits per heavy atom. The normalized spacial score (nSPS) is 8.62. The second kappa shape index (κ2) is 8.79. The summed E-state index contributed by atoms with van der Waals surface area (Å²) in [4.78, 5) is 15.0. The summed E-state index contributed by atoms with van der Waals surface area (Å²) in [7, 11) is 3.43. The summed E-state index contributed by atoms with van der Waals surface area (Å²) in [6, 6.07) is 0. The van der Waals surface area contributed by atoms with Crippen LogP contribution in [0.5, 0.6) is 0 Å². The molecule has 6 nitrogen and oxygen atoms in total. The van der Waals surface area contributed by atoms with Gasteiger partial charge in [-0.2, -0.15) is 0 Å². The Kier molecular flexibility index (Phi) is 9.63. The molecule has 0 aromatic carbocycles. The standard InChI is InChI=1S/C4H9NO2.C3H9N3/c1-5(2)3-4(6)7;1-2-6-3(4)5/h3H2,1-2H3,(H,6,7);2H2,1H3,(H4,4,5,6). The fraction of sp³-hybridized carbons (Fsp3) is 0.714. The highest BCUT2D eigenvalue weighted by Gasteiger charge is 1.94. The van der Waals surface area contributed by atoms with E-state index in [-0.39, 0.29) is 12.5 Å². The average molecular weight is 190 g/mol. The van der Waals surface area contributed by atoms with Crippen LogP contribution >= 0.6 is 0 Å². The van der Waals surface area contributed by atoms with Crippen molar-refractivity contribution >= 4 is 11.9 Å². The van der Waals surface area contributed by atoms with Crippen molar-refractivity contribution in [2.75, 3.05) is 27.2 Å².